The maximum atomic E-state index is 12.7. The molecule has 0 bridgehead atoms. The number of esters is 1. The second-order valence-electron chi connectivity index (χ2n) is 6.88. The number of benzene rings is 1. The minimum atomic E-state index is -0.893. The predicted molar refractivity (Wildman–Crippen MR) is 113 cm³/mol. The van der Waals surface area contributed by atoms with E-state index in [-0.39, 0.29) is 12.0 Å². The summed E-state index contributed by atoms with van der Waals surface area (Å²) >= 11 is 0. The van der Waals surface area contributed by atoms with Gasteiger partial charge in [-0.1, -0.05) is 30.3 Å². The van der Waals surface area contributed by atoms with Crippen molar-refractivity contribution in [1.29, 1.82) is 5.26 Å². The maximum Gasteiger partial charge on any atom is 0.328 e. The van der Waals surface area contributed by atoms with Gasteiger partial charge in [0.15, 0.2) is 0 Å². The van der Waals surface area contributed by atoms with Crippen LogP contribution < -0.4 is 5.32 Å². The van der Waals surface area contributed by atoms with E-state index in [0.29, 0.717) is 13.2 Å². The zero-order valence-electron chi connectivity index (χ0n) is 17.8. The molecule has 1 amide bonds. The predicted octanol–water partition coefficient (Wildman–Crippen LogP) is 2.56. The first kappa shape index (κ1) is 22.9. The number of aryl methyl sites for hydroxylation is 1. The molecule has 0 spiro atoms. The lowest BCUT2D eigenvalue weighted by atomic mass is 10.1. The Labute approximate surface area is 176 Å². The highest BCUT2D eigenvalue weighted by molar-refractivity contribution is 6.03. The van der Waals surface area contributed by atoms with E-state index in [1.807, 2.05) is 56.3 Å². The van der Waals surface area contributed by atoms with E-state index in [2.05, 4.69) is 9.88 Å². The Morgan fingerprint density at radius 3 is 2.53 bits per heavy atom. The lowest BCUT2D eigenvalue weighted by molar-refractivity contribution is -0.144. The van der Waals surface area contributed by atoms with Crippen molar-refractivity contribution in [3.8, 4) is 6.07 Å². The number of carbonyl (C=O) groups is 2. The third-order valence-corrected chi connectivity index (χ3v) is 4.87. The van der Waals surface area contributed by atoms with Crippen molar-refractivity contribution in [2.24, 2.45) is 0 Å². The van der Waals surface area contributed by atoms with Crippen LogP contribution >= 0.6 is 0 Å². The molecule has 1 heterocycles. The van der Waals surface area contributed by atoms with Crippen molar-refractivity contribution in [2.45, 2.75) is 32.9 Å². The van der Waals surface area contributed by atoms with Crippen molar-refractivity contribution in [3.63, 3.8) is 0 Å². The molecule has 7 nitrogen and oxygen atoms in total. The molecule has 0 saturated heterocycles. The first-order valence-corrected chi connectivity index (χ1v) is 9.61. The molecule has 1 atom stereocenters. The summed E-state index contributed by atoms with van der Waals surface area (Å²) in [4.78, 5) is 24.9. The Bertz CT molecular complexity index is 955. The van der Waals surface area contributed by atoms with E-state index in [1.165, 1.54) is 13.2 Å². The third kappa shape index (κ3) is 5.82. The van der Waals surface area contributed by atoms with Crippen LogP contribution in [0.2, 0.25) is 0 Å². The highest BCUT2D eigenvalue weighted by atomic mass is 16.5. The summed E-state index contributed by atoms with van der Waals surface area (Å²) in [5.74, 6) is -1.19. The Hall–Kier alpha value is -3.37. The number of ether oxygens (including phenoxy) is 2. The van der Waals surface area contributed by atoms with Crippen molar-refractivity contribution >= 4 is 18.0 Å². The zero-order valence-corrected chi connectivity index (χ0v) is 17.8. The van der Waals surface area contributed by atoms with E-state index in [0.717, 1.165) is 22.5 Å². The average molecular weight is 409 g/mol. The van der Waals surface area contributed by atoms with Gasteiger partial charge in [0.25, 0.3) is 5.91 Å². The minimum absolute atomic E-state index is 0.0797. The van der Waals surface area contributed by atoms with Gasteiger partial charge < -0.3 is 19.4 Å². The molecule has 1 N–H and O–H groups in total. The van der Waals surface area contributed by atoms with Gasteiger partial charge in [0.05, 0.1) is 13.7 Å². The van der Waals surface area contributed by atoms with Gasteiger partial charge in [-0.3, -0.25) is 4.79 Å². The fourth-order valence-electron chi connectivity index (χ4n) is 3.23. The van der Waals surface area contributed by atoms with Crippen LogP contribution in [0.4, 0.5) is 0 Å². The number of aromatic nitrogens is 1. The average Bonchev–Trinajstić information content (AvgIpc) is 3.02. The molecule has 2 aromatic rings. The topological polar surface area (TPSA) is 93.4 Å². The van der Waals surface area contributed by atoms with Gasteiger partial charge in [0, 0.05) is 31.5 Å². The molecule has 0 aliphatic heterocycles. The van der Waals surface area contributed by atoms with E-state index < -0.39 is 17.9 Å². The second kappa shape index (κ2) is 11.0. The van der Waals surface area contributed by atoms with Gasteiger partial charge in [-0.25, -0.2) is 4.79 Å². The number of nitriles is 1. The van der Waals surface area contributed by atoms with Crippen LogP contribution in [0.3, 0.4) is 0 Å². The van der Waals surface area contributed by atoms with Crippen LogP contribution in [0, 0.1) is 25.2 Å². The summed E-state index contributed by atoms with van der Waals surface area (Å²) in [6.45, 7) is 5.12. The smallest absolute Gasteiger partial charge is 0.328 e. The standard InChI is InChI=1S/C23H27N3O4/c1-16-12-19(17(2)26(16)10-11-29-3)14-20(15-24)22(27)25-21(23(28)30-4)13-18-8-6-5-7-9-18/h5-9,12,14,21H,10-11,13H2,1-4H3,(H,25,27). The van der Waals surface area contributed by atoms with Crippen molar-refractivity contribution in [1.82, 2.24) is 9.88 Å². The normalized spacial score (nSPS) is 12.2. The number of carbonyl (C=O) groups excluding carboxylic acids is 2. The number of nitrogens with one attached hydrogen (secondary N) is 1. The molecular formula is C23H27N3O4. The summed E-state index contributed by atoms with van der Waals surface area (Å²) in [5, 5.41) is 12.2. The summed E-state index contributed by atoms with van der Waals surface area (Å²) in [7, 11) is 2.91. The highest BCUT2D eigenvalue weighted by Gasteiger charge is 2.24. The number of nitrogens with zero attached hydrogens (tertiary/aromatic N) is 2. The summed E-state index contributed by atoms with van der Waals surface area (Å²) in [6.07, 6.45) is 1.81. The second-order valence-corrected chi connectivity index (χ2v) is 6.88. The summed E-state index contributed by atoms with van der Waals surface area (Å²) < 4.78 is 12.0. The quantitative estimate of drug-likeness (QED) is 0.390. The maximum absolute atomic E-state index is 12.7. The van der Waals surface area contributed by atoms with Crippen LogP contribution in [0.15, 0.2) is 42.0 Å². The first-order chi connectivity index (χ1) is 14.4. The van der Waals surface area contributed by atoms with Crippen LogP contribution in [-0.2, 0) is 32.0 Å². The van der Waals surface area contributed by atoms with Crippen molar-refractivity contribution < 1.29 is 19.1 Å². The Morgan fingerprint density at radius 1 is 1.23 bits per heavy atom. The lowest BCUT2D eigenvalue weighted by Crippen LogP contribution is -2.43. The van der Waals surface area contributed by atoms with Crippen LogP contribution in [0.1, 0.15) is 22.5 Å². The molecule has 0 aliphatic rings. The molecule has 2 rings (SSSR count). The Balaban J connectivity index is 2.23. The Morgan fingerprint density at radius 2 is 1.93 bits per heavy atom. The van der Waals surface area contributed by atoms with Crippen LogP contribution in [0.5, 0.6) is 0 Å². The molecule has 1 aromatic carbocycles. The SMILES string of the molecule is COCCn1c(C)cc(C=C(C#N)C(=O)NC(Cc2ccccc2)C(=O)OC)c1C. The van der Waals surface area contributed by atoms with Gasteiger partial charge in [0.2, 0.25) is 0 Å². The van der Waals surface area contributed by atoms with E-state index in [4.69, 9.17) is 9.47 Å². The molecular weight excluding hydrogens is 382 g/mol. The number of rotatable bonds is 9. The molecule has 1 unspecified atom stereocenters. The van der Waals surface area contributed by atoms with E-state index in [1.54, 1.807) is 7.11 Å². The molecule has 158 valence electrons. The van der Waals surface area contributed by atoms with Gasteiger partial charge in [-0.15, -0.1) is 0 Å². The molecule has 30 heavy (non-hydrogen) atoms. The minimum Gasteiger partial charge on any atom is -0.467 e. The zero-order chi connectivity index (χ0) is 22.1. The number of amides is 1. The molecule has 7 heteroatoms. The summed E-state index contributed by atoms with van der Waals surface area (Å²) in [6, 6.07) is 12.3. The third-order valence-electron chi connectivity index (χ3n) is 4.87. The monoisotopic (exact) mass is 409 g/mol. The van der Waals surface area contributed by atoms with Gasteiger partial charge >= 0.3 is 5.97 Å². The number of hydrogen-bond donors (Lipinski definition) is 1. The van der Waals surface area contributed by atoms with Gasteiger partial charge in [-0.2, -0.15) is 5.26 Å². The number of hydrogen-bond acceptors (Lipinski definition) is 5. The van der Waals surface area contributed by atoms with Crippen molar-refractivity contribution in [2.75, 3.05) is 20.8 Å². The molecule has 0 fully saturated rings. The highest BCUT2D eigenvalue weighted by Crippen LogP contribution is 2.18. The fourth-order valence-corrected chi connectivity index (χ4v) is 3.23. The lowest BCUT2D eigenvalue weighted by Gasteiger charge is -2.16. The molecule has 0 radical (unpaired) electrons. The fraction of sp³-hybridized carbons (Fsp3) is 0.348. The Kier molecular flexibility index (Phi) is 8.39. The van der Waals surface area contributed by atoms with Crippen LogP contribution in [0.25, 0.3) is 6.08 Å². The van der Waals surface area contributed by atoms with Gasteiger partial charge in [0.1, 0.15) is 17.7 Å². The number of methoxy groups -OCH3 is 2. The molecule has 1 aromatic heterocycles. The van der Waals surface area contributed by atoms with Gasteiger partial charge in [-0.05, 0) is 37.1 Å². The molecule has 0 saturated carbocycles. The summed E-state index contributed by atoms with van der Waals surface area (Å²) in [5.41, 5.74) is 3.50. The largest absolute Gasteiger partial charge is 0.467 e. The van der Waals surface area contributed by atoms with E-state index in [9.17, 15) is 14.9 Å². The first-order valence-electron chi connectivity index (χ1n) is 9.61. The molecule has 0 aliphatic carbocycles. The van der Waals surface area contributed by atoms with E-state index >= 15 is 0 Å². The van der Waals surface area contributed by atoms with Crippen LogP contribution in [-0.4, -0.2) is 43.3 Å². The van der Waals surface area contributed by atoms with Crippen molar-refractivity contribution in [3.05, 3.63) is 64.5 Å².